The summed E-state index contributed by atoms with van der Waals surface area (Å²) in [5, 5.41) is 3.24. The van der Waals surface area contributed by atoms with Gasteiger partial charge in [0, 0.05) is 15.7 Å². The number of amides is 1. The number of aromatic nitrogens is 1. The molecule has 5 nitrogen and oxygen atoms in total. The zero-order valence-electron chi connectivity index (χ0n) is 14.5. The van der Waals surface area contributed by atoms with E-state index in [-0.39, 0.29) is 12.5 Å². The van der Waals surface area contributed by atoms with Gasteiger partial charge < -0.3 is 14.5 Å². The van der Waals surface area contributed by atoms with Gasteiger partial charge in [-0.05, 0) is 48.5 Å². The molecule has 0 saturated carbocycles. The summed E-state index contributed by atoms with van der Waals surface area (Å²) >= 11 is 9.46. The molecule has 1 N–H and O–H groups in total. The standard InChI is InChI=1S/C21H14BrClN2O3/c22-14-5-3-4-13(10-14)21-25-17-11-15(8-9-19(17)28-21)24-20(26)12-27-18-7-2-1-6-16(18)23/h1-11H,12H2,(H,24,26). The van der Waals surface area contributed by atoms with Gasteiger partial charge in [-0.1, -0.05) is 45.7 Å². The first kappa shape index (κ1) is 18.5. The lowest BCUT2D eigenvalue weighted by Crippen LogP contribution is -2.20. The van der Waals surface area contributed by atoms with Gasteiger partial charge in [-0.3, -0.25) is 4.79 Å². The molecule has 0 aliphatic carbocycles. The number of ether oxygens (including phenoxy) is 1. The van der Waals surface area contributed by atoms with Crippen LogP contribution >= 0.6 is 27.5 Å². The maximum absolute atomic E-state index is 12.2. The van der Waals surface area contributed by atoms with Crippen molar-refractivity contribution in [1.29, 1.82) is 0 Å². The number of benzene rings is 3. The number of para-hydroxylation sites is 1. The maximum Gasteiger partial charge on any atom is 0.262 e. The molecule has 0 spiro atoms. The molecule has 7 heteroatoms. The van der Waals surface area contributed by atoms with Gasteiger partial charge in [0.2, 0.25) is 5.89 Å². The van der Waals surface area contributed by atoms with Gasteiger partial charge in [0.1, 0.15) is 11.3 Å². The number of anilines is 1. The number of rotatable bonds is 5. The van der Waals surface area contributed by atoms with Gasteiger partial charge in [-0.15, -0.1) is 0 Å². The van der Waals surface area contributed by atoms with Crippen molar-refractivity contribution in [3.05, 3.63) is 76.2 Å². The Morgan fingerprint density at radius 1 is 1.11 bits per heavy atom. The Morgan fingerprint density at radius 3 is 2.79 bits per heavy atom. The Hall–Kier alpha value is -2.83. The Morgan fingerprint density at radius 2 is 1.96 bits per heavy atom. The first-order valence-corrected chi connectivity index (χ1v) is 9.59. The normalized spacial score (nSPS) is 10.8. The quantitative estimate of drug-likeness (QED) is 0.403. The predicted octanol–water partition coefficient (Wildman–Crippen LogP) is 5.93. The van der Waals surface area contributed by atoms with Crippen LogP contribution in [0.5, 0.6) is 5.75 Å². The highest BCUT2D eigenvalue weighted by atomic mass is 79.9. The molecule has 0 unspecified atom stereocenters. The number of carbonyl (C=O) groups is 1. The molecule has 0 atom stereocenters. The van der Waals surface area contributed by atoms with Crippen LogP contribution < -0.4 is 10.1 Å². The molecular weight excluding hydrogens is 444 g/mol. The molecule has 0 radical (unpaired) electrons. The highest BCUT2D eigenvalue weighted by Gasteiger charge is 2.11. The number of hydrogen-bond donors (Lipinski definition) is 1. The molecule has 3 aromatic carbocycles. The summed E-state index contributed by atoms with van der Waals surface area (Å²) in [6.45, 7) is -0.149. The molecule has 140 valence electrons. The second kappa shape index (κ2) is 8.04. The fourth-order valence-electron chi connectivity index (χ4n) is 2.65. The van der Waals surface area contributed by atoms with Crippen molar-refractivity contribution in [2.24, 2.45) is 0 Å². The molecular formula is C21H14BrClN2O3. The zero-order chi connectivity index (χ0) is 19.5. The molecule has 4 rings (SSSR count). The van der Waals surface area contributed by atoms with Crippen LogP contribution in [0.15, 0.2) is 75.6 Å². The van der Waals surface area contributed by atoms with Gasteiger partial charge >= 0.3 is 0 Å². The van der Waals surface area contributed by atoms with Crippen molar-refractivity contribution in [2.75, 3.05) is 11.9 Å². The molecule has 1 aromatic heterocycles. The first-order valence-electron chi connectivity index (χ1n) is 8.42. The van der Waals surface area contributed by atoms with Crippen LogP contribution in [0, 0.1) is 0 Å². The van der Waals surface area contributed by atoms with Crippen LogP contribution in [0.3, 0.4) is 0 Å². The van der Waals surface area contributed by atoms with Gasteiger partial charge in [-0.2, -0.15) is 0 Å². The minimum Gasteiger partial charge on any atom is -0.482 e. The van der Waals surface area contributed by atoms with Crippen molar-refractivity contribution in [3.8, 4) is 17.2 Å². The van der Waals surface area contributed by atoms with E-state index in [1.165, 1.54) is 0 Å². The van der Waals surface area contributed by atoms with E-state index in [9.17, 15) is 4.79 Å². The number of halogens is 2. The highest BCUT2D eigenvalue weighted by molar-refractivity contribution is 9.10. The lowest BCUT2D eigenvalue weighted by atomic mass is 10.2. The monoisotopic (exact) mass is 456 g/mol. The number of nitrogens with zero attached hydrogens (tertiary/aromatic N) is 1. The molecule has 0 fully saturated rings. The summed E-state index contributed by atoms with van der Waals surface area (Å²) < 4.78 is 12.2. The van der Waals surface area contributed by atoms with Gasteiger partial charge in [0.25, 0.3) is 5.91 Å². The van der Waals surface area contributed by atoms with Crippen LogP contribution in [0.25, 0.3) is 22.6 Å². The second-order valence-electron chi connectivity index (χ2n) is 5.98. The molecule has 0 aliphatic heterocycles. The van der Waals surface area contributed by atoms with E-state index in [0.717, 1.165) is 10.0 Å². The minimum absolute atomic E-state index is 0.149. The van der Waals surface area contributed by atoms with E-state index in [1.807, 2.05) is 24.3 Å². The maximum atomic E-state index is 12.2. The SMILES string of the molecule is O=C(COc1ccccc1Cl)Nc1ccc2oc(-c3cccc(Br)c3)nc2c1. The van der Waals surface area contributed by atoms with Crippen molar-refractivity contribution >= 4 is 50.2 Å². The Kier molecular flexibility index (Phi) is 5.32. The number of oxazole rings is 1. The van der Waals surface area contributed by atoms with Crippen LogP contribution in [0.1, 0.15) is 0 Å². The van der Waals surface area contributed by atoms with E-state index < -0.39 is 0 Å². The van der Waals surface area contributed by atoms with Crippen molar-refractivity contribution in [3.63, 3.8) is 0 Å². The fourth-order valence-corrected chi connectivity index (χ4v) is 3.24. The van der Waals surface area contributed by atoms with Crippen LogP contribution in [0.4, 0.5) is 5.69 Å². The molecule has 0 bridgehead atoms. The lowest BCUT2D eigenvalue weighted by Gasteiger charge is -2.08. The first-order chi connectivity index (χ1) is 13.6. The molecule has 0 saturated heterocycles. The average Bonchev–Trinajstić information content (AvgIpc) is 3.11. The average molecular weight is 458 g/mol. The summed E-state index contributed by atoms with van der Waals surface area (Å²) in [4.78, 5) is 16.7. The number of nitrogens with one attached hydrogen (secondary N) is 1. The Labute approximate surface area is 174 Å². The van der Waals surface area contributed by atoms with Gasteiger partial charge in [-0.25, -0.2) is 4.98 Å². The van der Waals surface area contributed by atoms with E-state index in [4.69, 9.17) is 20.8 Å². The summed E-state index contributed by atoms with van der Waals surface area (Å²) in [6.07, 6.45) is 0. The van der Waals surface area contributed by atoms with Gasteiger partial charge in [0.15, 0.2) is 12.2 Å². The smallest absolute Gasteiger partial charge is 0.262 e. The van der Waals surface area contributed by atoms with Crippen molar-refractivity contribution < 1.29 is 13.9 Å². The Bertz CT molecular complexity index is 1160. The number of hydrogen-bond acceptors (Lipinski definition) is 4. The van der Waals surface area contributed by atoms with Crippen LogP contribution in [-0.2, 0) is 4.79 Å². The third kappa shape index (κ3) is 4.18. The molecule has 4 aromatic rings. The summed E-state index contributed by atoms with van der Waals surface area (Å²) in [7, 11) is 0. The van der Waals surface area contributed by atoms with E-state index in [1.54, 1.807) is 42.5 Å². The third-order valence-electron chi connectivity index (χ3n) is 3.94. The second-order valence-corrected chi connectivity index (χ2v) is 7.30. The molecule has 28 heavy (non-hydrogen) atoms. The molecule has 0 aliphatic rings. The third-order valence-corrected chi connectivity index (χ3v) is 4.74. The minimum atomic E-state index is -0.296. The molecule has 1 amide bonds. The summed E-state index contributed by atoms with van der Waals surface area (Å²) in [5.41, 5.74) is 2.76. The predicted molar refractivity (Wildman–Crippen MR) is 113 cm³/mol. The molecule has 1 heterocycles. The topological polar surface area (TPSA) is 64.4 Å². The van der Waals surface area contributed by atoms with Crippen molar-refractivity contribution in [2.45, 2.75) is 0 Å². The van der Waals surface area contributed by atoms with E-state index in [2.05, 4.69) is 26.2 Å². The van der Waals surface area contributed by atoms with Gasteiger partial charge in [0.05, 0.1) is 5.02 Å². The fraction of sp³-hybridized carbons (Fsp3) is 0.0476. The number of carbonyl (C=O) groups excluding carboxylic acids is 1. The highest BCUT2D eigenvalue weighted by Crippen LogP contribution is 2.28. The van der Waals surface area contributed by atoms with Crippen LogP contribution in [0.2, 0.25) is 5.02 Å². The van der Waals surface area contributed by atoms with E-state index >= 15 is 0 Å². The summed E-state index contributed by atoms with van der Waals surface area (Å²) in [5.74, 6) is 0.682. The number of fused-ring (bicyclic) bond motifs is 1. The lowest BCUT2D eigenvalue weighted by molar-refractivity contribution is -0.118. The summed E-state index contributed by atoms with van der Waals surface area (Å²) in [6, 6.07) is 20.0. The zero-order valence-corrected chi connectivity index (χ0v) is 16.8. The van der Waals surface area contributed by atoms with Crippen molar-refractivity contribution in [1.82, 2.24) is 4.98 Å². The van der Waals surface area contributed by atoms with Crippen LogP contribution in [-0.4, -0.2) is 17.5 Å². The van der Waals surface area contributed by atoms with E-state index in [0.29, 0.717) is 33.4 Å². The largest absolute Gasteiger partial charge is 0.482 e. The Balaban J connectivity index is 1.47.